The first-order chi connectivity index (χ1) is 18.6. The van der Waals surface area contributed by atoms with Crippen molar-refractivity contribution in [2.75, 3.05) is 32.7 Å². The maximum atomic E-state index is 13.7. The van der Waals surface area contributed by atoms with Crippen LogP contribution in [0, 0.1) is 5.92 Å². The smallest absolute Gasteiger partial charge is 0.416 e. The number of likely N-dealkylation sites (tertiary alicyclic amines) is 1. The third-order valence-corrected chi connectivity index (χ3v) is 7.02. The fourth-order valence-corrected chi connectivity index (χ4v) is 5.18. The Hall–Kier alpha value is -2.91. The van der Waals surface area contributed by atoms with Crippen molar-refractivity contribution in [3.63, 3.8) is 0 Å². The molecule has 232 valence electrons. The van der Waals surface area contributed by atoms with E-state index < -0.39 is 85.9 Å². The number of hydrogen-bond donors (Lipinski definition) is 1. The average molecular weight is 608 g/mol. The highest BCUT2D eigenvalue weighted by molar-refractivity contribution is 5.68. The molecule has 2 aliphatic heterocycles. The predicted octanol–water partition coefficient (Wildman–Crippen LogP) is 6.33. The number of carbonyl (C=O) groups excluding carboxylic acids is 1. The Kier molecular flexibility index (Phi) is 9.07. The van der Waals surface area contributed by atoms with Gasteiger partial charge in [-0.15, -0.1) is 0 Å². The molecule has 1 aromatic rings. The second-order valence-electron chi connectivity index (χ2n) is 11.2. The van der Waals surface area contributed by atoms with Crippen molar-refractivity contribution in [3.8, 4) is 0 Å². The molecule has 2 saturated heterocycles. The second-order valence-corrected chi connectivity index (χ2v) is 11.2. The standard InChI is InChI=1S/C25H30F9N3O4/c1-22(2,3)41-21(40)37-7-6-15(12-37)17-10-16(23(26,27)28)5-4-14(17)11-35-8-9-36(20(38)39)13-18(35)19(24(29,30)31)25(32,33)34/h4-5,10,15,18-19H,6-9,11-13H2,1-3H3,(H,38,39). The van der Waals surface area contributed by atoms with Gasteiger partial charge in [0.05, 0.1) is 5.56 Å². The maximum absolute atomic E-state index is 13.7. The zero-order valence-corrected chi connectivity index (χ0v) is 22.3. The van der Waals surface area contributed by atoms with E-state index in [9.17, 15) is 54.2 Å². The van der Waals surface area contributed by atoms with Crippen LogP contribution in [0.2, 0.25) is 0 Å². The first-order valence-electron chi connectivity index (χ1n) is 12.6. The van der Waals surface area contributed by atoms with Crippen LogP contribution in [0.25, 0.3) is 0 Å². The molecule has 0 spiro atoms. The zero-order valence-electron chi connectivity index (χ0n) is 22.3. The van der Waals surface area contributed by atoms with E-state index in [0.717, 1.165) is 17.0 Å². The molecule has 2 atom stereocenters. The lowest BCUT2D eigenvalue weighted by Gasteiger charge is -2.45. The van der Waals surface area contributed by atoms with Crippen LogP contribution in [0.4, 0.5) is 49.1 Å². The molecule has 7 nitrogen and oxygen atoms in total. The molecule has 2 unspecified atom stereocenters. The van der Waals surface area contributed by atoms with Crippen molar-refractivity contribution in [1.82, 2.24) is 14.7 Å². The number of nitrogens with zero attached hydrogens (tertiary/aromatic N) is 3. The Labute approximate surface area is 229 Å². The maximum Gasteiger partial charge on any atom is 0.416 e. The van der Waals surface area contributed by atoms with Gasteiger partial charge in [-0.2, -0.15) is 39.5 Å². The van der Waals surface area contributed by atoms with Crippen molar-refractivity contribution < 1.29 is 58.9 Å². The van der Waals surface area contributed by atoms with Gasteiger partial charge in [0.15, 0.2) is 5.92 Å². The van der Waals surface area contributed by atoms with E-state index in [2.05, 4.69) is 0 Å². The lowest BCUT2D eigenvalue weighted by atomic mass is 9.89. The van der Waals surface area contributed by atoms with Gasteiger partial charge in [0.2, 0.25) is 0 Å². The Morgan fingerprint density at radius 2 is 1.54 bits per heavy atom. The fourth-order valence-electron chi connectivity index (χ4n) is 5.18. The number of ether oxygens (including phenoxy) is 1. The third kappa shape index (κ3) is 8.10. The first kappa shape index (κ1) is 32.6. The Balaban J connectivity index is 1.99. The number of benzene rings is 1. The molecular weight excluding hydrogens is 577 g/mol. The number of rotatable bonds is 4. The van der Waals surface area contributed by atoms with Gasteiger partial charge in [-0.05, 0) is 50.5 Å². The lowest BCUT2D eigenvalue weighted by molar-refractivity contribution is -0.302. The molecule has 41 heavy (non-hydrogen) atoms. The summed E-state index contributed by atoms with van der Waals surface area (Å²) in [5.41, 5.74) is -1.84. The van der Waals surface area contributed by atoms with Crippen LogP contribution >= 0.6 is 0 Å². The van der Waals surface area contributed by atoms with Gasteiger partial charge in [0.25, 0.3) is 0 Å². The monoisotopic (exact) mass is 607 g/mol. The van der Waals surface area contributed by atoms with E-state index in [-0.39, 0.29) is 30.6 Å². The van der Waals surface area contributed by atoms with Crippen LogP contribution in [-0.4, -0.2) is 88.7 Å². The number of amides is 2. The SMILES string of the molecule is CC(C)(C)OC(=O)N1CCC(c2cc(C(F)(F)F)ccc2CN2CCN(C(=O)O)CC2C(C(F)(F)F)C(F)(F)F)C1. The average Bonchev–Trinajstić information content (AvgIpc) is 3.27. The quantitative estimate of drug-likeness (QED) is 0.405. The van der Waals surface area contributed by atoms with Crippen LogP contribution in [0.5, 0.6) is 0 Å². The van der Waals surface area contributed by atoms with E-state index in [4.69, 9.17) is 4.74 Å². The van der Waals surface area contributed by atoms with Crippen molar-refractivity contribution in [3.05, 3.63) is 34.9 Å². The summed E-state index contributed by atoms with van der Waals surface area (Å²) in [7, 11) is 0. The Bertz CT molecular complexity index is 1100. The van der Waals surface area contributed by atoms with Crippen molar-refractivity contribution in [2.24, 2.45) is 5.92 Å². The van der Waals surface area contributed by atoms with E-state index in [1.54, 1.807) is 20.8 Å². The topological polar surface area (TPSA) is 73.3 Å². The Morgan fingerprint density at radius 1 is 0.927 bits per heavy atom. The predicted molar refractivity (Wildman–Crippen MR) is 126 cm³/mol. The van der Waals surface area contributed by atoms with Crippen LogP contribution in [0.15, 0.2) is 18.2 Å². The van der Waals surface area contributed by atoms with Gasteiger partial charge in [0.1, 0.15) is 5.60 Å². The molecule has 2 fully saturated rings. The van der Waals surface area contributed by atoms with E-state index in [1.165, 1.54) is 4.90 Å². The molecule has 0 aliphatic carbocycles. The number of alkyl halides is 9. The van der Waals surface area contributed by atoms with E-state index in [1.807, 2.05) is 0 Å². The minimum atomic E-state index is -5.77. The van der Waals surface area contributed by atoms with Crippen molar-refractivity contribution >= 4 is 12.2 Å². The molecule has 0 radical (unpaired) electrons. The van der Waals surface area contributed by atoms with Gasteiger partial charge in [-0.1, -0.05) is 6.07 Å². The molecular formula is C25H30F9N3O4. The van der Waals surface area contributed by atoms with Gasteiger partial charge in [-0.3, -0.25) is 4.90 Å². The summed E-state index contributed by atoms with van der Waals surface area (Å²) in [5.74, 6) is -4.61. The van der Waals surface area contributed by atoms with Gasteiger partial charge < -0.3 is 19.6 Å². The summed E-state index contributed by atoms with van der Waals surface area (Å²) in [4.78, 5) is 26.5. The van der Waals surface area contributed by atoms with Gasteiger partial charge in [0, 0.05) is 51.2 Å². The molecule has 2 amide bonds. The number of halogens is 9. The first-order valence-corrected chi connectivity index (χ1v) is 12.6. The van der Waals surface area contributed by atoms with E-state index in [0.29, 0.717) is 11.0 Å². The fraction of sp³-hybridized carbons (Fsp3) is 0.680. The molecule has 2 heterocycles. The minimum absolute atomic E-state index is 0.0286. The number of piperazine rings is 1. The van der Waals surface area contributed by atoms with Crippen molar-refractivity contribution in [2.45, 2.75) is 69.8 Å². The summed E-state index contributed by atoms with van der Waals surface area (Å²) in [6.07, 6.45) is -18.6. The molecule has 0 bridgehead atoms. The number of carboxylic acid groups (broad SMARTS) is 1. The van der Waals surface area contributed by atoms with Crippen LogP contribution in [-0.2, 0) is 17.5 Å². The summed E-state index contributed by atoms with van der Waals surface area (Å²) in [6, 6.07) is 0.112. The lowest BCUT2D eigenvalue weighted by Crippen LogP contribution is -2.62. The molecule has 2 aliphatic rings. The van der Waals surface area contributed by atoms with Crippen LogP contribution < -0.4 is 0 Å². The van der Waals surface area contributed by atoms with Crippen LogP contribution in [0.1, 0.15) is 49.8 Å². The molecule has 0 saturated carbocycles. The Morgan fingerprint density at radius 3 is 2.05 bits per heavy atom. The summed E-state index contributed by atoms with van der Waals surface area (Å²) in [6.45, 7) is 2.28. The summed E-state index contributed by atoms with van der Waals surface area (Å²) in [5, 5.41) is 9.25. The largest absolute Gasteiger partial charge is 0.465 e. The number of carbonyl (C=O) groups is 2. The number of hydrogen-bond acceptors (Lipinski definition) is 4. The second kappa shape index (κ2) is 11.4. The van der Waals surface area contributed by atoms with Crippen molar-refractivity contribution in [1.29, 1.82) is 0 Å². The molecule has 1 aromatic carbocycles. The molecule has 3 rings (SSSR count). The van der Waals surface area contributed by atoms with E-state index >= 15 is 0 Å². The highest BCUT2D eigenvalue weighted by Gasteiger charge is 2.62. The highest BCUT2D eigenvalue weighted by Crippen LogP contribution is 2.44. The molecule has 16 heteroatoms. The zero-order chi connectivity index (χ0) is 31.1. The molecule has 1 N–H and O–H groups in total. The third-order valence-electron chi connectivity index (χ3n) is 7.02. The van der Waals surface area contributed by atoms with Gasteiger partial charge >= 0.3 is 30.7 Å². The van der Waals surface area contributed by atoms with Gasteiger partial charge in [-0.25, -0.2) is 9.59 Å². The molecule has 0 aromatic heterocycles. The summed E-state index contributed by atoms with van der Waals surface area (Å²) >= 11 is 0. The minimum Gasteiger partial charge on any atom is -0.465 e. The van der Waals surface area contributed by atoms with Crippen LogP contribution in [0.3, 0.4) is 0 Å². The highest BCUT2D eigenvalue weighted by atomic mass is 19.4. The normalized spacial score (nSPS) is 21.5. The summed E-state index contributed by atoms with van der Waals surface area (Å²) < 4.78 is 128.